The number of imidazole rings is 1. The van der Waals surface area contributed by atoms with E-state index < -0.39 is 0 Å². The van der Waals surface area contributed by atoms with Crippen LogP contribution < -0.4 is 0 Å². The van der Waals surface area contributed by atoms with E-state index >= 15 is 0 Å². The molecule has 0 aliphatic heterocycles. The van der Waals surface area contributed by atoms with Crippen LogP contribution in [0.5, 0.6) is 0 Å². The summed E-state index contributed by atoms with van der Waals surface area (Å²) in [5.41, 5.74) is 2.46. The summed E-state index contributed by atoms with van der Waals surface area (Å²) >= 11 is 0. The van der Waals surface area contributed by atoms with Crippen molar-refractivity contribution in [2.75, 3.05) is 0 Å². The fraction of sp³-hybridized carbons (Fsp3) is 0.385. The highest BCUT2D eigenvalue weighted by Crippen LogP contribution is 2.22. The Bertz CT molecular complexity index is 603. The predicted molar refractivity (Wildman–Crippen MR) is 66.2 cm³/mol. The van der Waals surface area contributed by atoms with Crippen LogP contribution in [-0.2, 0) is 13.0 Å². The summed E-state index contributed by atoms with van der Waals surface area (Å²) in [6.45, 7) is 2.88. The van der Waals surface area contributed by atoms with E-state index in [2.05, 4.69) is 15.0 Å². The Morgan fingerprint density at radius 1 is 1.33 bits per heavy atom. The lowest BCUT2D eigenvalue weighted by molar-refractivity contribution is 0.0971. The fourth-order valence-electron chi connectivity index (χ4n) is 2.27. The van der Waals surface area contributed by atoms with Crippen molar-refractivity contribution in [3.05, 3.63) is 30.0 Å². The average Bonchev–Trinajstić information content (AvgIpc) is 2.87. The van der Waals surface area contributed by atoms with E-state index in [9.17, 15) is 4.79 Å². The van der Waals surface area contributed by atoms with Gasteiger partial charge in [-0.15, -0.1) is 0 Å². The maximum atomic E-state index is 11.7. The number of fused-ring (bicyclic) bond motifs is 1. The van der Waals surface area contributed by atoms with Crippen LogP contribution in [0, 0.1) is 0 Å². The number of Topliss-reactive ketones (excluding diaryl/α,β-unsaturated/α-hetero) is 1. The smallest absolute Gasteiger partial charge is 0.178 e. The van der Waals surface area contributed by atoms with Crippen LogP contribution in [0.15, 0.2) is 18.7 Å². The normalized spacial score (nSPS) is 14.6. The molecule has 0 amide bonds. The molecule has 0 atom stereocenters. The molecule has 0 aromatic carbocycles. The van der Waals surface area contributed by atoms with E-state index in [-0.39, 0.29) is 5.78 Å². The molecule has 2 heterocycles. The van der Waals surface area contributed by atoms with Gasteiger partial charge in [-0.2, -0.15) is 0 Å². The molecule has 18 heavy (non-hydrogen) atoms. The van der Waals surface area contributed by atoms with Crippen molar-refractivity contribution in [1.29, 1.82) is 0 Å². The van der Waals surface area contributed by atoms with Crippen molar-refractivity contribution in [2.24, 2.45) is 0 Å². The number of aromatic nitrogens is 4. The fourth-order valence-corrected chi connectivity index (χ4v) is 2.27. The van der Waals surface area contributed by atoms with Crippen molar-refractivity contribution in [3.63, 3.8) is 0 Å². The molecule has 0 saturated heterocycles. The van der Waals surface area contributed by atoms with Crippen LogP contribution in [0.3, 0.4) is 0 Å². The zero-order valence-corrected chi connectivity index (χ0v) is 10.3. The van der Waals surface area contributed by atoms with Gasteiger partial charge in [0, 0.05) is 19.2 Å². The second-order valence-corrected chi connectivity index (χ2v) is 4.40. The molecule has 0 N–H and O–H groups in total. The monoisotopic (exact) mass is 242 g/mol. The van der Waals surface area contributed by atoms with Gasteiger partial charge >= 0.3 is 0 Å². The highest BCUT2D eigenvalue weighted by atomic mass is 16.1. The van der Waals surface area contributed by atoms with E-state index in [4.69, 9.17) is 0 Å². The van der Waals surface area contributed by atoms with Crippen LogP contribution in [0.1, 0.15) is 35.8 Å². The number of carbonyl (C=O) groups is 1. The van der Waals surface area contributed by atoms with Crippen molar-refractivity contribution in [3.8, 4) is 11.5 Å². The van der Waals surface area contributed by atoms with Crippen molar-refractivity contribution < 1.29 is 4.79 Å². The molecule has 0 saturated carbocycles. The average molecular weight is 242 g/mol. The highest BCUT2D eigenvalue weighted by Gasteiger charge is 2.20. The Morgan fingerprint density at radius 2 is 2.22 bits per heavy atom. The van der Waals surface area contributed by atoms with Crippen LogP contribution in [0.25, 0.3) is 11.5 Å². The van der Waals surface area contributed by atoms with Crippen LogP contribution in [0.4, 0.5) is 0 Å². The van der Waals surface area contributed by atoms with Gasteiger partial charge in [-0.1, -0.05) is 0 Å². The molecule has 2 aromatic rings. The number of hydrogen-bond acceptors (Lipinski definition) is 4. The minimum Gasteiger partial charge on any atom is -0.328 e. The van der Waals surface area contributed by atoms with Gasteiger partial charge in [-0.3, -0.25) is 4.79 Å². The molecule has 0 spiro atoms. The maximum Gasteiger partial charge on any atom is 0.178 e. The molecule has 5 heteroatoms. The third kappa shape index (κ3) is 1.72. The van der Waals surface area contributed by atoms with E-state index in [0.717, 1.165) is 30.8 Å². The number of nitrogens with zero attached hydrogens (tertiary/aromatic N) is 4. The molecule has 5 nitrogen and oxygen atoms in total. The Morgan fingerprint density at radius 3 is 3.06 bits per heavy atom. The van der Waals surface area contributed by atoms with E-state index in [1.165, 1.54) is 0 Å². The van der Waals surface area contributed by atoms with E-state index in [1.807, 2.05) is 11.5 Å². The summed E-state index contributed by atoms with van der Waals surface area (Å²) in [6, 6.07) is 0. The quantitative estimate of drug-likeness (QED) is 0.806. The molecule has 1 aliphatic rings. The standard InChI is InChI=1S/C13H14N4O/c1-2-17-8-14-7-11(17)13-15-6-9-10(16-13)4-3-5-12(9)18/h6-8H,2-5H2,1H3. The third-order valence-corrected chi connectivity index (χ3v) is 3.27. The zero-order chi connectivity index (χ0) is 12.5. The van der Waals surface area contributed by atoms with Gasteiger partial charge < -0.3 is 4.57 Å². The highest BCUT2D eigenvalue weighted by molar-refractivity contribution is 5.97. The Hall–Kier alpha value is -2.04. The lowest BCUT2D eigenvalue weighted by Gasteiger charge is -2.14. The minimum absolute atomic E-state index is 0.159. The summed E-state index contributed by atoms with van der Waals surface area (Å²) in [5.74, 6) is 0.814. The second kappa shape index (κ2) is 4.33. The largest absolute Gasteiger partial charge is 0.328 e. The number of rotatable bonds is 2. The molecule has 0 radical (unpaired) electrons. The first-order valence-electron chi connectivity index (χ1n) is 6.19. The van der Waals surface area contributed by atoms with E-state index in [0.29, 0.717) is 17.8 Å². The number of aryl methyl sites for hydroxylation is 2. The Kier molecular flexibility index (Phi) is 2.66. The summed E-state index contributed by atoms with van der Waals surface area (Å²) in [4.78, 5) is 24.6. The number of ketones is 1. The van der Waals surface area contributed by atoms with Gasteiger partial charge in [0.25, 0.3) is 0 Å². The van der Waals surface area contributed by atoms with Gasteiger partial charge in [0.05, 0.1) is 23.8 Å². The molecule has 1 aliphatic carbocycles. The molecule has 0 fully saturated rings. The number of carbonyl (C=O) groups excluding carboxylic acids is 1. The molecule has 92 valence electrons. The second-order valence-electron chi connectivity index (χ2n) is 4.40. The maximum absolute atomic E-state index is 11.7. The minimum atomic E-state index is 0.159. The van der Waals surface area contributed by atoms with Gasteiger partial charge in [-0.25, -0.2) is 15.0 Å². The SMILES string of the molecule is CCn1cncc1-c1ncc2c(n1)CCCC2=O. The lowest BCUT2D eigenvalue weighted by atomic mass is 9.96. The number of hydrogen-bond donors (Lipinski definition) is 0. The molecule has 0 bridgehead atoms. The zero-order valence-electron chi connectivity index (χ0n) is 10.3. The molecule has 0 unspecified atom stereocenters. The Balaban J connectivity index is 2.07. The van der Waals surface area contributed by atoms with E-state index in [1.54, 1.807) is 18.7 Å². The van der Waals surface area contributed by atoms with Crippen molar-refractivity contribution in [1.82, 2.24) is 19.5 Å². The third-order valence-electron chi connectivity index (χ3n) is 3.27. The molecular formula is C13H14N4O. The topological polar surface area (TPSA) is 60.7 Å². The predicted octanol–water partition coefficient (Wildman–Crippen LogP) is 1.88. The van der Waals surface area contributed by atoms with Gasteiger partial charge in [0.2, 0.25) is 0 Å². The Labute approximate surface area is 105 Å². The van der Waals surface area contributed by atoms with Crippen LogP contribution in [-0.4, -0.2) is 25.3 Å². The van der Waals surface area contributed by atoms with Crippen LogP contribution >= 0.6 is 0 Å². The van der Waals surface area contributed by atoms with Crippen LogP contribution in [0.2, 0.25) is 0 Å². The summed E-state index contributed by atoms with van der Waals surface area (Å²) in [7, 11) is 0. The summed E-state index contributed by atoms with van der Waals surface area (Å²) < 4.78 is 1.99. The first-order valence-corrected chi connectivity index (χ1v) is 6.19. The molecule has 3 rings (SSSR count). The summed E-state index contributed by atoms with van der Waals surface area (Å²) in [5, 5.41) is 0. The molecule has 2 aromatic heterocycles. The first-order chi connectivity index (χ1) is 8.79. The first kappa shape index (κ1) is 11.1. The van der Waals surface area contributed by atoms with Gasteiger partial charge in [-0.05, 0) is 19.8 Å². The van der Waals surface area contributed by atoms with Gasteiger partial charge in [0.15, 0.2) is 11.6 Å². The lowest BCUT2D eigenvalue weighted by Crippen LogP contribution is -2.14. The van der Waals surface area contributed by atoms with Crippen molar-refractivity contribution >= 4 is 5.78 Å². The van der Waals surface area contributed by atoms with Gasteiger partial charge in [0.1, 0.15) is 5.69 Å². The molecular weight excluding hydrogens is 228 g/mol. The summed E-state index contributed by atoms with van der Waals surface area (Å²) in [6.07, 6.45) is 7.54. The van der Waals surface area contributed by atoms with Crippen molar-refractivity contribution in [2.45, 2.75) is 32.7 Å².